The minimum Gasteiger partial charge on any atom is -0.489 e. The molecule has 0 spiro atoms. The molecule has 0 aliphatic heterocycles. The zero-order valence-electron chi connectivity index (χ0n) is 16.7. The molecule has 0 amide bonds. The molecule has 10 heteroatoms. The summed E-state index contributed by atoms with van der Waals surface area (Å²) in [5, 5.41) is 27.6. The van der Waals surface area contributed by atoms with Gasteiger partial charge in [-0.1, -0.05) is 42.1 Å². The number of nitrogens with one attached hydrogen (secondary N) is 2. The third-order valence-corrected chi connectivity index (χ3v) is 5.70. The lowest BCUT2D eigenvalue weighted by molar-refractivity contribution is -0.770. The smallest absolute Gasteiger partial charge is 0.294 e. The molecule has 2 rings (SSSR count). The molecule has 3 atom stereocenters. The first-order valence-electron chi connectivity index (χ1n) is 9.72. The number of aliphatic hydroxyl groups excluding tert-OH is 1. The normalized spacial score (nSPS) is 20.9. The first-order valence-corrected chi connectivity index (χ1v) is 10.5. The van der Waals surface area contributed by atoms with Crippen molar-refractivity contribution in [2.24, 2.45) is 0 Å². The largest absolute Gasteiger partial charge is 0.489 e. The fourth-order valence-electron chi connectivity index (χ4n) is 3.25. The number of hydrogen-bond donors (Lipinski definition) is 3. The van der Waals surface area contributed by atoms with Gasteiger partial charge in [-0.3, -0.25) is 0 Å². The Kier molecular flexibility index (Phi) is 9.23. The maximum Gasteiger partial charge on any atom is 0.294 e. The molecule has 1 saturated carbocycles. The van der Waals surface area contributed by atoms with Crippen LogP contribution in [-0.2, 0) is 4.84 Å². The summed E-state index contributed by atoms with van der Waals surface area (Å²) in [7, 11) is 0. The Balaban J connectivity index is 1.75. The number of nitrogens with zero attached hydrogens (tertiary/aromatic N) is 1. The number of benzene rings is 1. The van der Waals surface area contributed by atoms with Crippen LogP contribution in [0.2, 0.25) is 10.0 Å². The van der Waals surface area contributed by atoms with Gasteiger partial charge in [-0.2, -0.15) is 0 Å². The summed E-state index contributed by atoms with van der Waals surface area (Å²) in [6, 6.07) is 5.02. The van der Waals surface area contributed by atoms with Gasteiger partial charge in [0.1, 0.15) is 29.6 Å². The molecule has 164 valence electrons. The maximum absolute atomic E-state index is 10.7. The Hall–Kier alpha value is -1.32. The van der Waals surface area contributed by atoms with Crippen molar-refractivity contribution in [2.75, 3.05) is 19.7 Å². The SMILES string of the molecule is CC(C)(CNC1CCCCC1O[N+](=O)[O-])NCC(O)COc1cccc(Cl)c1Cl. The van der Waals surface area contributed by atoms with Crippen LogP contribution < -0.4 is 15.4 Å². The molecule has 29 heavy (non-hydrogen) atoms. The van der Waals surface area contributed by atoms with Crippen LogP contribution in [0.15, 0.2) is 18.2 Å². The number of aliphatic hydroxyl groups is 1. The van der Waals surface area contributed by atoms with E-state index < -0.39 is 17.3 Å². The van der Waals surface area contributed by atoms with Gasteiger partial charge in [0.25, 0.3) is 5.09 Å². The summed E-state index contributed by atoms with van der Waals surface area (Å²) in [6.45, 7) is 4.94. The molecular weight excluding hydrogens is 421 g/mol. The van der Waals surface area contributed by atoms with Crippen LogP contribution in [0.1, 0.15) is 39.5 Å². The van der Waals surface area contributed by atoms with Crippen molar-refractivity contribution in [3.05, 3.63) is 38.4 Å². The molecule has 1 aromatic rings. The molecule has 1 fully saturated rings. The van der Waals surface area contributed by atoms with E-state index in [1.54, 1.807) is 18.2 Å². The van der Waals surface area contributed by atoms with Crippen LogP contribution in [-0.4, -0.2) is 53.7 Å². The second kappa shape index (κ2) is 11.2. The molecule has 0 radical (unpaired) electrons. The molecule has 0 bridgehead atoms. The molecule has 1 aliphatic rings. The van der Waals surface area contributed by atoms with Gasteiger partial charge in [-0.15, -0.1) is 10.1 Å². The van der Waals surface area contributed by atoms with Crippen molar-refractivity contribution in [1.29, 1.82) is 0 Å². The van der Waals surface area contributed by atoms with Gasteiger partial charge < -0.3 is 25.3 Å². The predicted molar refractivity (Wildman–Crippen MR) is 112 cm³/mol. The zero-order chi connectivity index (χ0) is 21.4. The molecule has 3 unspecified atom stereocenters. The Bertz CT molecular complexity index is 677. The van der Waals surface area contributed by atoms with E-state index in [0.717, 1.165) is 19.3 Å². The average Bonchev–Trinajstić information content (AvgIpc) is 2.66. The molecule has 1 aromatic carbocycles. The predicted octanol–water partition coefficient (Wildman–Crippen LogP) is 3.21. The van der Waals surface area contributed by atoms with Crippen molar-refractivity contribution < 1.29 is 19.8 Å². The maximum atomic E-state index is 10.7. The van der Waals surface area contributed by atoms with Gasteiger partial charge in [0, 0.05) is 24.7 Å². The standard InChI is InChI=1S/C19H29Cl2N3O5/c1-19(2,12-22-15-7-3-4-8-16(15)29-24(26)27)23-10-13(25)11-28-17-9-5-6-14(20)18(17)21/h5-6,9,13,15-16,22-23,25H,3-4,7-8,10-12H2,1-2H3. The minimum atomic E-state index is -0.746. The van der Waals surface area contributed by atoms with Gasteiger partial charge in [0.15, 0.2) is 0 Å². The Morgan fingerprint density at radius 2 is 2.07 bits per heavy atom. The summed E-state index contributed by atoms with van der Waals surface area (Å²) in [5.41, 5.74) is -0.342. The van der Waals surface area contributed by atoms with E-state index in [9.17, 15) is 15.2 Å². The topological polar surface area (TPSA) is 106 Å². The van der Waals surface area contributed by atoms with Crippen LogP contribution in [0.25, 0.3) is 0 Å². The van der Waals surface area contributed by atoms with E-state index >= 15 is 0 Å². The van der Waals surface area contributed by atoms with Crippen molar-refractivity contribution in [3.8, 4) is 5.75 Å². The molecule has 3 N–H and O–H groups in total. The van der Waals surface area contributed by atoms with Crippen LogP contribution >= 0.6 is 23.2 Å². The Morgan fingerprint density at radius 1 is 1.34 bits per heavy atom. The minimum absolute atomic E-state index is 0.0616. The van der Waals surface area contributed by atoms with Gasteiger partial charge in [0.05, 0.1) is 5.02 Å². The Labute approximate surface area is 181 Å². The number of β-amino-alcohol motifs (C(OH)–C–C–N with tert-alkyl or cyclic N) is 1. The van der Waals surface area contributed by atoms with E-state index in [4.69, 9.17) is 32.8 Å². The Morgan fingerprint density at radius 3 is 2.79 bits per heavy atom. The summed E-state index contributed by atoms with van der Waals surface area (Å²) in [5.74, 6) is 0.424. The highest BCUT2D eigenvalue weighted by Crippen LogP contribution is 2.31. The average molecular weight is 450 g/mol. The van der Waals surface area contributed by atoms with Crippen LogP contribution in [0.5, 0.6) is 5.75 Å². The van der Waals surface area contributed by atoms with Gasteiger partial charge in [-0.25, -0.2) is 0 Å². The zero-order valence-corrected chi connectivity index (χ0v) is 18.2. The molecule has 8 nitrogen and oxygen atoms in total. The fourth-order valence-corrected chi connectivity index (χ4v) is 3.60. The van der Waals surface area contributed by atoms with E-state index in [1.165, 1.54) is 0 Å². The number of hydrogen-bond acceptors (Lipinski definition) is 7. The van der Waals surface area contributed by atoms with E-state index in [1.807, 2.05) is 13.8 Å². The number of halogens is 2. The highest BCUT2D eigenvalue weighted by Gasteiger charge is 2.29. The second-order valence-corrected chi connectivity index (χ2v) is 8.71. The van der Waals surface area contributed by atoms with Crippen molar-refractivity contribution >= 4 is 23.2 Å². The van der Waals surface area contributed by atoms with E-state index in [0.29, 0.717) is 35.3 Å². The number of rotatable bonds is 11. The van der Waals surface area contributed by atoms with Gasteiger partial charge >= 0.3 is 0 Å². The summed E-state index contributed by atoms with van der Waals surface area (Å²) >= 11 is 12.0. The monoisotopic (exact) mass is 449 g/mol. The first-order chi connectivity index (χ1) is 13.7. The highest BCUT2D eigenvalue weighted by atomic mass is 35.5. The van der Waals surface area contributed by atoms with Gasteiger partial charge in [-0.05, 0) is 38.8 Å². The molecule has 0 saturated heterocycles. The first kappa shape index (κ1) is 24.0. The van der Waals surface area contributed by atoms with E-state index in [-0.39, 0.29) is 18.2 Å². The summed E-state index contributed by atoms with van der Waals surface area (Å²) < 4.78 is 5.55. The highest BCUT2D eigenvalue weighted by molar-refractivity contribution is 6.42. The summed E-state index contributed by atoms with van der Waals surface area (Å²) in [6.07, 6.45) is 2.30. The van der Waals surface area contributed by atoms with Crippen molar-refractivity contribution in [3.63, 3.8) is 0 Å². The van der Waals surface area contributed by atoms with Crippen molar-refractivity contribution in [1.82, 2.24) is 10.6 Å². The molecule has 0 aromatic heterocycles. The van der Waals surface area contributed by atoms with Crippen LogP contribution in [0, 0.1) is 10.1 Å². The second-order valence-electron chi connectivity index (χ2n) is 7.92. The van der Waals surface area contributed by atoms with Crippen LogP contribution in [0.3, 0.4) is 0 Å². The number of ether oxygens (including phenoxy) is 1. The fraction of sp³-hybridized carbons (Fsp3) is 0.684. The molecular formula is C19H29Cl2N3O5. The van der Waals surface area contributed by atoms with Gasteiger partial charge in [0.2, 0.25) is 0 Å². The molecule has 1 aliphatic carbocycles. The lowest BCUT2D eigenvalue weighted by atomic mass is 9.91. The van der Waals surface area contributed by atoms with Crippen molar-refractivity contribution in [2.45, 2.75) is 63.3 Å². The lowest BCUT2D eigenvalue weighted by Crippen LogP contribution is -2.55. The molecule has 0 heterocycles. The lowest BCUT2D eigenvalue weighted by Gasteiger charge is -2.35. The summed E-state index contributed by atoms with van der Waals surface area (Å²) in [4.78, 5) is 15.5. The third kappa shape index (κ3) is 8.14. The van der Waals surface area contributed by atoms with E-state index in [2.05, 4.69) is 10.6 Å². The van der Waals surface area contributed by atoms with Crippen LogP contribution in [0.4, 0.5) is 0 Å². The quantitative estimate of drug-likeness (QED) is 0.351. The third-order valence-electron chi connectivity index (χ3n) is 4.89.